The van der Waals surface area contributed by atoms with Crippen molar-refractivity contribution in [2.24, 2.45) is 0 Å². The van der Waals surface area contributed by atoms with Gasteiger partial charge in [0.15, 0.2) is 0 Å². The lowest BCUT2D eigenvalue weighted by Crippen LogP contribution is -2.45. The Kier molecular flexibility index (Phi) is 9.49. The maximum atomic E-state index is 2.48. The second kappa shape index (κ2) is 14.2. The molecule has 0 bridgehead atoms. The predicted molar refractivity (Wildman–Crippen MR) is 198 cm³/mol. The van der Waals surface area contributed by atoms with Crippen molar-refractivity contribution in [2.45, 2.75) is 90.5 Å². The molecule has 1 heteroatoms. The third-order valence-corrected chi connectivity index (χ3v) is 10.8. The van der Waals surface area contributed by atoms with E-state index in [1.54, 1.807) is 0 Å². The van der Waals surface area contributed by atoms with Gasteiger partial charge < -0.3 is 0 Å². The van der Waals surface area contributed by atoms with Crippen LogP contribution in [-0.4, -0.2) is 6.54 Å². The van der Waals surface area contributed by atoms with Crippen LogP contribution in [0.15, 0.2) is 115 Å². The third-order valence-electron chi connectivity index (χ3n) is 10.8. The van der Waals surface area contributed by atoms with Crippen LogP contribution in [0, 0.1) is 0 Å². The highest BCUT2D eigenvalue weighted by atomic mass is 15.4. The van der Waals surface area contributed by atoms with Crippen LogP contribution in [-0.2, 0) is 19.4 Å². The van der Waals surface area contributed by atoms with E-state index in [-0.39, 0.29) is 0 Å². The molecule has 0 radical (unpaired) electrons. The lowest BCUT2D eigenvalue weighted by Gasteiger charge is -2.40. The molecule has 0 saturated carbocycles. The Bertz CT molecular complexity index is 1670. The first kappa shape index (κ1) is 30.7. The van der Waals surface area contributed by atoms with Crippen molar-refractivity contribution in [3.8, 4) is 22.3 Å². The number of hydrogen-bond donors (Lipinski definition) is 0. The number of hydrogen-bond acceptors (Lipinski definition) is 0. The number of benzene rings is 5. The van der Waals surface area contributed by atoms with Gasteiger partial charge >= 0.3 is 0 Å². The summed E-state index contributed by atoms with van der Waals surface area (Å²) in [5, 5.41) is 0. The normalized spacial score (nSPS) is 12.9. The van der Waals surface area contributed by atoms with E-state index >= 15 is 0 Å². The van der Waals surface area contributed by atoms with Crippen LogP contribution in [0.25, 0.3) is 22.3 Å². The highest BCUT2D eigenvalue weighted by Gasteiger charge is 2.41. The van der Waals surface area contributed by atoms with Gasteiger partial charge in [-0.1, -0.05) is 161 Å². The minimum absolute atomic E-state index is 0.884. The minimum Gasteiger partial charge on any atom is -0.254 e. The Labute approximate surface area is 277 Å². The molecule has 46 heavy (non-hydrogen) atoms. The zero-order chi connectivity index (χ0) is 31.2. The van der Waals surface area contributed by atoms with E-state index in [1.807, 2.05) is 0 Å². The number of rotatable bonds is 15. The van der Waals surface area contributed by atoms with Gasteiger partial charge in [0, 0.05) is 29.5 Å². The molecule has 0 N–H and O–H groups in total. The van der Waals surface area contributed by atoms with Crippen molar-refractivity contribution in [1.82, 2.24) is 4.48 Å². The van der Waals surface area contributed by atoms with Crippen molar-refractivity contribution in [1.29, 1.82) is 0 Å². The molecule has 2 aliphatic rings. The van der Waals surface area contributed by atoms with Gasteiger partial charge in [-0.2, -0.15) is 0 Å². The maximum Gasteiger partial charge on any atom is 0.142 e. The molecular formula is C45H50N+. The largest absolute Gasteiger partial charge is 0.254 e. The highest BCUT2D eigenvalue weighted by molar-refractivity contribution is 5.86. The maximum absolute atomic E-state index is 2.48. The van der Waals surface area contributed by atoms with Gasteiger partial charge in [0.25, 0.3) is 0 Å². The van der Waals surface area contributed by atoms with Crippen LogP contribution < -0.4 is 4.48 Å². The topological polar surface area (TPSA) is 0 Å². The van der Waals surface area contributed by atoms with E-state index in [2.05, 4.69) is 122 Å². The van der Waals surface area contributed by atoms with Crippen LogP contribution in [0.4, 0.5) is 11.4 Å². The zero-order valence-electron chi connectivity index (χ0n) is 27.8. The summed E-state index contributed by atoms with van der Waals surface area (Å²) in [5.74, 6) is 0. The van der Waals surface area contributed by atoms with Crippen LogP contribution in [0.2, 0.25) is 0 Å². The molecule has 7 rings (SSSR count). The smallest absolute Gasteiger partial charge is 0.142 e. The predicted octanol–water partition coefficient (Wildman–Crippen LogP) is 12.6. The molecule has 0 unspecified atom stereocenters. The number of nitrogens with zero attached hydrogens (tertiary/aromatic N) is 1. The summed E-state index contributed by atoms with van der Waals surface area (Å²) >= 11 is 0. The van der Waals surface area contributed by atoms with Crippen molar-refractivity contribution in [2.75, 3.05) is 6.54 Å². The first-order valence-corrected chi connectivity index (χ1v) is 18.1. The first-order chi connectivity index (χ1) is 22.8. The summed E-state index contributed by atoms with van der Waals surface area (Å²) in [5.41, 5.74) is 16.1. The lowest BCUT2D eigenvalue weighted by molar-refractivity contribution is 0.356. The number of unbranched alkanes of at least 4 members (excludes halogenated alkanes) is 9. The number of quaternary nitrogens is 1. The highest BCUT2D eigenvalue weighted by Crippen LogP contribution is 2.51. The SMILES string of the molecule is CCCCCCCCCCCC[N+](Cc1ccccc1)(c1cccc2c1Cc1ccccc1-2)c1cccc2c1Cc1ccccc1-2. The molecule has 2 aliphatic carbocycles. The summed E-state index contributed by atoms with van der Waals surface area (Å²) < 4.78 is 0.884. The van der Waals surface area contributed by atoms with Gasteiger partial charge in [-0.3, -0.25) is 4.48 Å². The Morgan fingerprint density at radius 1 is 0.435 bits per heavy atom. The first-order valence-electron chi connectivity index (χ1n) is 18.1. The van der Waals surface area contributed by atoms with Gasteiger partial charge in [0.2, 0.25) is 0 Å². The fraction of sp³-hybridized carbons (Fsp3) is 0.333. The van der Waals surface area contributed by atoms with Crippen LogP contribution in [0.1, 0.15) is 98.9 Å². The minimum atomic E-state index is 0.884. The molecule has 5 aromatic rings. The molecule has 0 spiro atoms. The average Bonchev–Trinajstić information content (AvgIpc) is 3.68. The van der Waals surface area contributed by atoms with E-state index in [4.69, 9.17) is 0 Å². The van der Waals surface area contributed by atoms with Crippen molar-refractivity contribution >= 4 is 11.4 Å². The molecule has 5 aromatic carbocycles. The summed E-state index contributed by atoms with van der Waals surface area (Å²) in [6.07, 6.45) is 15.6. The Balaban J connectivity index is 1.29. The van der Waals surface area contributed by atoms with E-state index in [0.717, 1.165) is 30.4 Å². The van der Waals surface area contributed by atoms with Gasteiger partial charge in [-0.05, 0) is 58.4 Å². The van der Waals surface area contributed by atoms with Gasteiger partial charge in [0.05, 0.1) is 6.54 Å². The molecule has 234 valence electrons. The van der Waals surface area contributed by atoms with Gasteiger partial charge in [-0.25, -0.2) is 0 Å². The van der Waals surface area contributed by atoms with Crippen molar-refractivity contribution in [3.05, 3.63) is 143 Å². The molecule has 0 heterocycles. The molecule has 0 saturated heterocycles. The summed E-state index contributed by atoms with van der Waals surface area (Å²) in [7, 11) is 0. The molecule has 1 nitrogen and oxygen atoms in total. The molecule has 0 aliphatic heterocycles. The average molecular weight is 605 g/mol. The van der Waals surface area contributed by atoms with Gasteiger partial charge in [0.1, 0.15) is 17.9 Å². The molecule has 0 aromatic heterocycles. The van der Waals surface area contributed by atoms with E-state index in [0.29, 0.717) is 0 Å². The fourth-order valence-electron chi connectivity index (χ4n) is 8.47. The van der Waals surface area contributed by atoms with E-state index < -0.39 is 0 Å². The summed E-state index contributed by atoms with van der Waals surface area (Å²) in [6, 6.07) is 43.8. The second-order valence-electron chi connectivity index (χ2n) is 13.8. The Hall–Kier alpha value is -3.94. The summed E-state index contributed by atoms with van der Waals surface area (Å²) in [6.45, 7) is 4.39. The molecule has 0 atom stereocenters. The summed E-state index contributed by atoms with van der Waals surface area (Å²) in [4.78, 5) is 0. The fourth-order valence-corrected chi connectivity index (χ4v) is 8.47. The van der Waals surface area contributed by atoms with Gasteiger partial charge in [-0.15, -0.1) is 0 Å². The quantitative estimate of drug-likeness (QED) is 0.0806. The van der Waals surface area contributed by atoms with Crippen LogP contribution >= 0.6 is 0 Å². The van der Waals surface area contributed by atoms with E-state index in [9.17, 15) is 0 Å². The monoisotopic (exact) mass is 604 g/mol. The third kappa shape index (κ3) is 6.10. The second-order valence-corrected chi connectivity index (χ2v) is 13.8. The molecule has 0 amide bonds. The van der Waals surface area contributed by atoms with Crippen molar-refractivity contribution in [3.63, 3.8) is 0 Å². The standard InChI is InChI=1S/C45H50N/c1-2-3-4-5-6-7-8-9-10-18-31-46(34-35-21-12-11-13-22-35,44-29-19-27-40-38-25-16-14-23-36(38)32-42(40)44)45-30-20-28-41-39-26-17-15-24-37(39)33-43(41)45/h11-17,19-30H,2-10,18,31-34H2,1H3/q+1. The molecular weight excluding hydrogens is 555 g/mol. The van der Waals surface area contributed by atoms with Crippen LogP contribution in [0.5, 0.6) is 0 Å². The van der Waals surface area contributed by atoms with Crippen LogP contribution in [0.3, 0.4) is 0 Å². The molecule has 0 fully saturated rings. The Morgan fingerprint density at radius 2 is 0.891 bits per heavy atom. The lowest BCUT2D eigenvalue weighted by atomic mass is 9.96. The Morgan fingerprint density at radius 3 is 1.43 bits per heavy atom. The van der Waals surface area contributed by atoms with Crippen molar-refractivity contribution < 1.29 is 0 Å². The number of fused-ring (bicyclic) bond motifs is 6. The zero-order valence-corrected chi connectivity index (χ0v) is 27.8. The van der Waals surface area contributed by atoms with E-state index in [1.165, 1.54) is 126 Å².